The van der Waals surface area contributed by atoms with Crippen molar-refractivity contribution in [3.8, 4) is 0 Å². The van der Waals surface area contributed by atoms with E-state index >= 15 is 0 Å². The van der Waals surface area contributed by atoms with Crippen LogP contribution in [-0.2, 0) is 4.74 Å². The summed E-state index contributed by atoms with van der Waals surface area (Å²) in [5, 5.41) is 26.9. The Bertz CT molecular complexity index is 127. The van der Waals surface area contributed by atoms with E-state index in [1.54, 1.807) is 6.92 Å². The maximum absolute atomic E-state index is 9.37. The lowest BCUT2D eigenvalue weighted by Crippen LogP contribution is -2.21. The Labute approximate surface area is 85.5 Å². The molecule has 86 valence electrons. The van der Waals surface area contributed by atoms with Crippen LogP contribution in [0, 0.1) is 0 Å². The highest BCUT2D eigenvalue weighted by atomic mass is 16.6. The lowest BCUT2D eigenvalue weighted by atomic mass is 10.2. The molecule has 0 fully saturated rings. The third-order valence-corrected chi connectivity index (χ3v) is 1.99. The summed E-state index contributed by atoms with van der Waals surface area (Å²) in [5.74, 6) is 0. The van der Waals surface area contributed by atoms with Crippen molar-refractivity contribution < 1.29 is 20.1 Å². The Morgan fingerprint density at radius 1 is 1.07 bits per heavy atom. The summed E-state index contributed by atoms with van der Waals surface area (Å²) < 4.78 is 5.24. The maximum atomic E-state index is 9.37. The van der Waals surface area contributed by atoms with Gasteiger partial charge < -0.3 is 20.1 Å². The Hall–Kier alpha value is -0.160. The van der Waals surface area contributed by atoms with Gasteiger partial charge in [0, 0.05) is 13.0 Å². The maximum Gasteiger partial charge on any atom is 0.154 e. The third kappa shape index (κ3) is 8.44. The zero-order valence-corrected chi connectivity index (χ0v) is 9.02. The van der Waals surface area contributed by atoms with Gasteiger partial charge in [0.2, 0.25) is 0 Å². The molecule has 3 unspecified atom stereocenters. The molecule has 3 N–H and O–H groups in total. The molecule has 0 radical (unpaired) electrons. The fourth-order valence-electron chi connectivity index (χ4n) is 1.17. The minimum absolute atomic E-state index is 0.0499. The molecule has 4 heteroatoms. The third-order valence-electron chi connectivity index (χ3n) is 1.99. The summed E-state index contributed by atoms with van der Waals surface area (Å²) in [6.45, 7) is 3.70. The number of aliphatic hydroxyl groups is 3. The first-order valence-corrected chi connectivity index (χ1v) is 5.18. The summed E-state index contributed by atoms with van der Waals surface area (Å²) >= 11 is 0. The highest BCUT2D eigenvalue weighted by Crippen LogP contribution is 2.08. The smallest absolute Gasteiger partial charge is 0.154 e. The van der Waals surface area contributed by atoms with Crippen molar-refractivity contribution in [2.45, 2.75) is 58.0 Å². The molecule has 0 aliphatic carbocycles. The SMILES string of the molecule is CC(O)CCC(O)OC(C)CCCO. The molecule has 0 saturated heterocycles. The zero-order chi connectivity index (χ0) is 11.0. The molecular weight excluding hydrogens is 184 g/mol. The summed E-state index contributed by atoms with van der Waals surface area (Å²) in [6, 6.07) is 0. The van der Waals surface area contributed by atoms with Gasteiger partial charge in [-0.15, -0.1) is 0 Å². The van der Waals surface area contributed by atoms with E-state index < -0.39 is 12.4 Å². The minimum Gasteiger partial charge on any atom is -0.396 e. The zero-order valence-electron chi connectivity index (χ0n) is 9.02. The van der Waals surface area contributed by atoms with E-state index in [4.69, 9.17) is 14.9 Å². The Morgan fingerprint density at radius 2 is 1.71 bits per heavy atom. The standard InChI is InChI=1S/C10H22O4/c1-8(12)5-6-10(13)14-9(2)4-3-7-11/h8-13H,3-7H2,1-2H3. The fraction of sp³-hybridized carbons (Fsp3) is 1.00. The molecule has 0 rings (SSSR count). The van der Waals surface area contributed by atoms with Crippen LogP contribution in [0.3, 0.4) is 0 Å². The highest BCUT2D eigenvalue weighted by Gasteiger charge is 2.10. The molecule has 0 amide bonds. The van der Waals surface area contributed by atoms with E-state index in [1.165, 1.54) is 0 Å². The Balaban J connectivity index is 3.44. The van der Waals surface area contributed by atoms with Crippen LogP contribution in [0.1, 0.15) is 39.5 Å². The molecule has 0 aliphatic heterocycles. The number of aliphatic hydroxyl groups excluding tert-OH is 3. The molecule has 0 aliphatic rings. The van der Waals surface area contributed by atoms with E-state index in [0.717, 1.165) is 6.42 Å². The normalized spacial score (nSPS) is 17.8. The second-order valence-electron chi connectivity index (χ2n) is 3.69. The molecule has 3 atom stereocenters. The van der Waals surface area contributed by atoms with Gasteiger partial charge in [0.1, 0.15) is 0 Å². The van der Waals surface area contributed by atoms with Gasteiger partial charge in [0.25, 0.3) is 0 Å². The van der Waals surface area contributed by atoms with Crippen molar-refractivity contribution in [1.82, 2.24) is 0 Å². The monoisotopic (exact) mass is 206 g/mol. The van der Waals surface area contributed by atoms with Crippen molar-refractivity contribution in [1.29, 1.82) is 0 Å². The predicted octanol–water partition coefficient (Wildman–Crippen LogP) is 0.643. The first-order chi connectivity index (χ1) is 6.56. The number of rotatable bonds is 8. The summed E-state index contributed by atoms with van der Waals surface area (Å²) in [4.78, 5) is 0. The van der Waals surface area contributed by atoms with E-state index in [2.05, 4.69) is 0 Å². The Morgan fingerprint density at radius 3 is 2.21 bits per heavy atom. The number of hydrogen-bond acceptors (Lipinski definition) is 4. The second kappa shape index (κ2) is 8.17. The van der Waals surface area contributed by atoms with E-state index in [0.29, 0.717) is 19.3 Å². The van der Waals surface area contributed by atoms with Crippen LogP contribution in [0.5, 0.6) is 0 Å². The van der Waals surface area contributed by atoms with Crippen LogP contribution in [-0.4, -0.2) is 40.4 Å². The average molecular weight is 206 g/mol. The quantitative estimate of drug-likeness (QED) is 0.510. The van der Waals surface area contributed by atoms with Crippen molar-refractivity contribution in [2.24, 2.45) is 0 Å². The number of ether oxygens (including phenoxy) is 1. The lowest BCUT2D eigenvalue weighted by molar-refractivity contribution is -0.139. The van der Waals surface area contributed by atoms with Gasteiger partial charge in [-0.2, -0.15) is 0 Å². The van der Waals surface area contributed by atoms with Crippen LogP contribution in [0.2, 0.25) is 0 Å². The van der Waals surface area contributed by atoms with Crippen molar-refractivity contribution in [3.63, 3.8) is 0 Å². The molecule has 0 aromatic heterocycles. The van der Waals surface area contributed by atoms with Gasteiger partial charge in [-0.1, -0.05) is 0 Å². The van der Waals surface area contributed by atoms with Crippen molar-refractivity contribution in [2.75, 3.05) is 6.61 Å². The largest absolute Gasteiger partial charge is 0.396 e. The molecule has 0 saturated carbocycles. The summed E-state index contributed by atoms with van der Waals surface area (Å²) in [6.07, 6.45) is 1.15. The second-order valence-corrected chi connectivity index (χ2v) is 3.69. The van der Waals surface area contributed by atoms with Gasteiger partial charge in [-0.3, -0.25) is 0 Å². The van der Waals surface area contributed by atoms with Crippen molar-refractivity contribution >= 4 is 0 Å². The molecule has 0 heterocycles. The number of hydrogen-bond donors (Lipinski definition) is 3. The molecule has 14 heavy (non-hydrogen) atoms. The molecule has 0 spiro atoms. The molecule has 0 aromatic rings. The van der Waals surface area contributed by atoms with Crippen LogP contribution in [0.4, 0.5) is 0 Å². The van der Waals surface area contributed by atoms with Crippen molar-refractivity contribution in [3.05, 3.63) is 0 Å². The van der Waals surface area contributed by atoms with Gasteiger partial charge in [-0.05, 0) is 33.1 Å². The summed E-state index contributed by atoms with van der Waals surface area (Å²) in [7, 11) is 0. The van der Waals surface area contributed by atoms with Crippen LogP contribution in [0.25, 0.3) is 0 Å². The molecule has 0 aromatic carbocycles. The van der Waals surface area contributed by atoms with E-state index in [-0.39, 0.29) is 12.7 Å². The predicted molar refractivity (Wildman–Crippen MR) is 53.8 cm³/mol. The van der Waals surface area contributed by atoms with E-state index in [9.17, 15) is 5.11 Å². The minimum atomic E-state index is -0.807. The summed E-state index contributed by atoms with van der Waals surface area (Å²) in [5.41, 5.74) is 0. The average Bonchev–Trinajstić information content (AvgIpc) is 2.11. The van der Waals surface area contributed by atoms with Gasteiger partial charge in [0.15, 0.2) is 6.29 Å². The first-order valence-electron chi connectivity index (χ1n) is 5.18. The van der Waals surface area contributed by atoms with Crippen LogP contribution < -0.4 is 0 Å². The van der Waals surface area contributed by atoms with Gasteiger partial charge >= 0.3 is 0 Å². The first kappa shape index (κ1) is 13.8. The van der Waals surface area contributed by atoms with Crippen LogP contribution >= 0.6 is 0 Å². The molecule has 0 bridgehead atoms. The molecule has 4 nitrogen and oxygen atoms in total. The van der Waals surface area contributed by atoms with E-state index in [1.807, 2.05) is 6.92 Å². The van der Waals surface area contributed by atoms with Crippen LogP contribution in [0.15, 0.2) is 0 Å². The van der Waals surface area contributed by atoms with Gasteiger partial charge in [-0.25, -0.2) is 0 Å². The fourth-order valence-corrected chi connectivity index (χ4v) is 1.17. The lowest BCUT2D eigenvalue weighted by Gasteiger charge is -2.18. The molecular formula is C10H22O4. The Kier molecular flexibility index (Phi) is 8.08. The topological polar surface area (TPSA) is 69.9 Å². The van der Waals surface area contributed by atoms with Gasteiger partial charge in [0.05, 0.1) is 12.2 Å². The highest BCUT2D eigenvalue weighted by molar-refractivity contribution is 4.54.